The summed E-state index contributed by atoms with van der Waals surface area (Å²) in [4.78, 5) is 0.422. The standard InChI is InChI=1S/C14H21Br/c1-9-7-10(2)12(11(3)8-9)13(15)14(4,5)6/h7-8,13H,1-6H3. The molecule has 0 heterocycles. The van der Waals surface area contributed by atoms with Crippen LogP contribution in [0.15, 0.2) is 12.1 Å². The molecule has 0 radical (unpaired) electrons. The summed E-state index contributed by atoms with van der Waals surface area (Å²) >= 11 is 3.83. The third kappa shape index (κ3) is 2.84. The molecule has 0 aliphatic carbocycles. The van der Waals surface area contributed by atoms with E-state index >= 15 is 0 Å². The maximum Gasteiger partial charge on any atom is 0.0448 e. The summed E-state index contributed by atoms with van der Waals surface area (Å²) in [5.41, 5.74) is 5.84. The number of hydrogen-bond donors (Lipinski definition) is 0. The number of benzene rings is 1. The first-order valence-electron chi connectivity index (χ1n) is 5.45. The van der Waals surface area contributed by atoms with Gasteiger partial charge in [0.15, 0.2) is 0 Å². The van der Waals surface area contributed by atoms with Crippen LogP contribution in [0.1, 0.15) is 47.9 Å². The second-order valence-corrected chi connectivity index (χ2v) is 6.46. The molecule has 0 fully saturated rings. The zero-order chi connectivity index (χ0) is 11.8. The maximum absolute atomic E-state index is 3.83. The highest BCUT2D eigenvalue weighted by molar-refractivity contribution is 9.09. The average molecular weight is 269 g/mol. The minimum Gasteiger partial charge on any atom is -0.0833 e. The Morgan fingerprint density at radius 2 is 1.40 bits per heavy atom. The average Bonchev–Trinajstić information content (AvgIpc) is 1.99. The molecule has 1 heteroatoms. The normalized spacial score (nSPS) is 14.1. The predicted octanol–water partition coefficient (Wildman–Crippen LogP) is 5.09. The van der Waals surface area contributed by atoms with E-state index in [1.54, 1.807) is 0 Å². The Kier molecular flexibility index (Phi) is 3.65. The lowest BCUT2D eigenvalue weighted by Crippen LogP contribution is -2.15. The Labute approximate surface area is 102 Å². The molecular formula is C14H21Br. The molecule has 84 valence electrons. The Bertz CT molecular complexity index is 335. The predicted molar refractivity (Wildman–Crippen MR) is 71.8 cm³/mol. The van der Waals surface area contributed by atoms with Gasteiger partial charge in [0.05, 0.1) is 0 Å². The van der Waals surface area contributed by atoms with Gasteiger partial charge in [0.25, 0.3) is 0 Å². The van der Waals surface area contributed by atoms with E-state index in [9.17, 15) is 0 Å². The summed E-state index contributed by atoms with van der Waals surface area (Å²) in [6.45, 7) is 13.4. The molecule has 1 unspecified atom stereocenters. The Morgan fingerprint density at radius 1 is 1.00 bits per heavy atom. The maximum atomic E-state index is 3.83. The summed E-state index contributed by atoms with van der Waals surface area (Å²) in [6.07, 6.45) is 0. The van der Waals surface area contributed by atoms with Crippen molar-refractivity contribution < 1.29 is 0 Å². The highest BCUT2D eigenvalue weighted by atomic mass is 79.9. The van der Waals surface area contributed by atoms with Crippen molar-refractivity contribution in [1.82, 2.24) is 0 Å². The van der Waals surface area contributed by atoms with Crippen molar-refractivity contribution in [3.05, 3.63) is 34.4 Å². The number of hydrogen-bond acceptors (Lipinski definition) is 0. The molecule has 0 amide bonds. The van der Waals surface area contributed by atoms with Crippen LogP contribution >= 0.6 is 15.9 Å². The zero-order valence-electron chi connectivity index (χ0n) is 10.6. The third-order valence-corrected chi connectivity index (χ3v) is 4.58. The molecule has 1 atom stereocenters. The molecule has 0 bridgehead atoms. The van der Waals surface area contributed by atoms with E-state index in [1.165, 1.54) is 22.3 Å². The molecule has 0 N–H and O–H groups in total. The molecule has 0 nitrogen and oxygen atoms in total. The van der Waals surface area contributed by atoms with E-state index in [4.69, 9.17) is 0 Å². The Hall–Kier alpha value is -0.300. The van der Waals surface area contributed by atoms with Crippen LogP contribution in [0.4, 0.5) is 0 Å². The Morgan fingerprint density at radius 3 is 1.73 bits per heavy atom. The Balaban J connectivity index is 3.26. The van der Waals surface area contributed by atoms with Gasteiger partial charge in [-0.05, 0) is 42.9 Å². The van der Waals surface area contributed by atoms with Crippen molar-refractivity contribution in [2.24, 2.45) is 5.41 Å². The minimum absolute atomic E-state index is 0.255. The van der Waals surface area contributed by atoms with Gasteiger partial charge in [-0.25, -0.2) is 0 Å². The van der Waals surface area contributed by atoms with Crippen LogP contribution in [0.3, 0.4) is 0 Å². The van der Waals surface area contributed by atoms with Crippen molar-refractivity contribution in [2.45, 2.75) is 46.4 Å². The van der Waals surface area contributed by atoms with Gasteiger partial charge in [0.2, 0.25) is 0 Å². The van der Waals surface area contributed by atoms with E-state index in [0.717, 1.165) is 0 Å². The molecule has 1 rings (SSSR count). The molecule has 0 aliphatic heterocycles. The van der Waals surface area contributed by atoms with Crippen LogP contribution in [-0.4, -0.2) is 0 Å². The van der Waals surface area contributed by atoms with Crippen LogP contribution in [-0.2, 0) is 0 Å². The largest absolute Gasteiger partial charge is 0.0833 e. The topological polar surface area (TPSA) is 0 Å². The van der Waals surface area contributed by atoms with Crippen molar-refractivity contribution in [3.8, 4) is 0 Å². The van der Waals surface area contributed by atoms with Crippen molar-refractivity contribution in [2.75, 3.05) is 0 Å². The first-order valence-corrected chi connectivity index (χ1v) is 6.37. The smallest absolute Gasteiger partial charge is 0.0448 e. The van der Waals surface area contributed by atoms with Gasteiger partial charge in [-0.15, -0.1) is 0 Å². The van der Waals surface area contributed by atoms with E-state index in [-0.39, 0.29) is 5.41 Å². The lowest BCUT2D eigenvalue weighted by molar-refractivity contribution is 0.405. The summed E-state index contributed by atoms with van der Waals surface area (Å²) in [5, 5.41) is 0. The summed E-state index contributed by atoms with van der Waals surface area (Å²) in [6, 6.07) is 4.53. The molecule has 0 spiro atoms. The summed E-state index contributed by atoms with van der Waals surface area (Å²) < 4.78 is 0. The first kappa shape index (κ1) is 12.8. The molecule has 1 aromatic rings. The second-order valence-electron chi connectivity index (χ2n) is 5.54. The van der Waals surface area contributed by atoms with Gasteiger partial charge in [0, 0.05) is 4.83 Å². The van der Waals surface area contributed by atoms with Gasteiger partial charge in [-0.1, -0.05) is 54.4 Å². The molecule has 0 aromatic heterocycles. The van der Waals surface area contributed by atoms with Crippen LogP contribution in [0.5, 0.6) is 0 Å². The van der Waals surface area contributed by atoms with Gasteiger partial charge < -0.3 is 0 Å². The number of alkyl halides is 1. The van der Waals surface area contributed by atoms with Gasteiger partial charge in [-0.2, -0.15) is 0 Å². The van der Waals surface area contributed by atoms with Crippen LogP contribution in [0.2, 0.25) is 0 Å². The number of rotatable bonds is 1. The molecule has 0 saturated carbocycles. The van der Waals surface area contributed by atoms with Gasteiger partial charge >= 0.3 is 0 Å². The first-order chi connectivity index (χ1) is 6.73. The summed E-state index contributed by atoms with van der Waals surface area (Å²) in [7, 11) is 0. The van der Waals surface area contributed by atoms with Crippen LogP contribution in [0, 0.1) is 26.2 Å². The highest BCUT2D eigenvalue weighted by Crippen LogP contribution is 2.42. The van der Waals surface area contributed by atoms with Crippen LogP contribution in [0.25, 0.3) is 0 Å². The second kappa shape index (κ2) is 4.29. The van der Waals surface area contributed by atoms with E-state index in [2.05, 4.69) is 69.6 Å². The quantitative estimate of drug-likeness (QED) is 0.622. The molecule has 1 aromatic carbocycles. The van der Waals surface area contributed by atoms with Gasteiger partial charge in [-0.3, -0.25) is 0 Å². The minimum atomic E-state index is 0.255. The fraction of sp³-hybridized carbons (Fsp3) is 0.571. The van der Waals surface area contributed by atoms with Gasteiger partial charge in [0.1, 0.15) is 0 Å². The molecular weight excluding hydrogens is 248 g/mol. The van der Waals surface area contributed by atoms with Crippen LogP contribution < -0.4 is 0 Å². The van der Waals surface area contributed by atoms with E-state index in [0.29, 0.717) is 4.83 Å². The SMILES string of the molecule is Cc1cc(C)c(C(Br)C(C)(C)C)c(C)c1. The van der Waals surface area contributed by atoms with Crippen molar-refractivity contribution in [1.29, 1.82) is 0 Å². The summed E-state index contributed by atoms with van der Waals surface area (Å²) in [5.74, 6) is 0. The molecule has 0 aliphatic rings. The lowest BCUT2D eigenvalue weighted by Gasteiger charge is -2.29. The van der Waals surface area contributed by atoms with Crippen molar-refractivity contribution in [3.63, 3.8) is 0 Å². The highest BCUT2D eigenvalue weighted by Gasteiger charge is 2.26. The zero-order valence-corrected chi connectivity index (χ0v) is 12.2. The fourth-order valence-electron chi connectivity index (χ4n) is 2.02. The molecule has 0 saturated heterocycles. The molecule has 15 heavy (non-hydrogen) atoms. The third-order valence-electron chi connectivity index (χ3n) is 2.75. The van der Waals surface area contributed by atoms with Crippen molar-refractivity contribution >= 4 is 15.9 Å². The fourth-order valence-corrected chi connectivity index (χ4v) is 2.75. The number of halogens is 1. The van der Waals surface area contributed by atoms with E-state index < -0.39 is 0 Å². The number of aryl methyl sites for hydroxylation is 3. The van der Waals surface area contributed by atoms with E-state index in [1.807, 2.05) is 0 Å². The monoisotopic (exact) mass is 268 g/mol. The lowest BCUT2D eigenvalue weighted by atomic mass is 9.84.